The molecule has 0 bridgehead atoms. The topological polar surface area (TPSA) is 12.9 Å². The van der Waals surface area contributed by atoms with Gasteiger partial charge in [0.15, 0.2) is 0 Å². The molecule has 0 amide bonds. The average molecular weight is 491 g/mol. The Morgan fingerprint density at radius 2 is 1.16 bits per heavy atom. The molecule has 175 valence electrons. The molecule has 0 aliphatic carbocycles. The van der Waals surface area contributed by atoms with Gasteiger partial charge < -0.3 is 0 Å². The molecular weight excluding hydrogens is 466 g/mol. The SMILES string of the molecule is Cc1c[c]cc(-c2c3ccccc3c(-c3ccc(-c4nc5ccc(C)cc5s4)cc3)c3ccccc23)c1. The number of hydrogen-bond acceptors (Lipinski definition) is 2. The van der Waals surface area contributed by atoms with Crippen molar-refractivity contribution in [2.45, 2.75) is 13.8 Å². The van der Waals surface area contributed by atoms with E-state index in [1.165, 1.54) is 59.6 Å². The van der Waals surface area contributed by atoms with Crippen molar-refractivity contribution < 1.29 is 0 Å². The highest BCUT2D eigenvalue weighted by molar-refractivity contribution is 7.21. The fourth-order valence-corrected chi connectivity index (χ4v) is 6.49. The maximum atomic E-state index is 4.89. The van der Waals surface area contributed by atoms with Crippen molar-refractivity contribution in [3.05, 3.63) is 126 Å². The van der Waals surface area contributed by atoms with Crippen LogP contribution in [0.15, 0.2) is 109 Å². The van der Waals surface area contributed by atoms with Gasteiger partial charge in [-0.05, 0) is 93.0 Å². The third-order valence-corrected chi connectivity index (χ3v) is 8.18. The molecule has 0 saturated carbocycles. The molecule has 1 aromatic heterocycles. The maximum absolute atomic E-state index is 4.89. The molecule has 1 heterocycles. The molecule has 0 saturated heterocycles. The fraction of sp³-hybridized carbons (Fsp3) is 0.0571. The van der Waals surface area contributed by atoms with E-state index in [1.54, 1.807) is 11.3 Å². The molecule has 0 spiro atoms. The third-order valence-electron chi connectivity index (χ3n) is 7.12. The summed E-state index contributed by atoms with van der Waals surface area (Å²) in [6, 6.07) is 42.7. The van der Waals surface area contributed by atoms with Crippen LogP contribution in [0.2, 0.25) is 0 Å². The van der Waals surface area contributed by atoms with Crippen LogP contribution in [0.25, 0.3) is 64.6 Å². The summed E-state index contributed by atoms with van der Waals surface area (Å²) in [5.74, 6) is 0. The Hall–Kier alpha value is -4.27. The van der Waals surface area contributed by atoms with Crippen molar-refractivity contribution in [1.29, 1.82) is 0 Å². The molecule has 1 nitrogen and oxygen atoms in total. The number of thiazole rings is 1. The van der Waals surface area contributed by atoms with Gasteiger partial charge in [-0.2, -0.15) is 0 Å². The number of aromatic nitrogens is 1. The summed E-state index contributed by atoms with van der Waals surface area (Å²) >= 11 is 1.76. The zero-order valence-corrected chi connectivity index (χ0v) is 21.6. The van der Waals surface area contributed by atoms with Crippen molar-refractivity contribution in [1.82, 2.24) is 4.98 Å². The summed E-state index contributed by atoms with van der Waals surface area (Å²) < 4.78 is 1.24. The second-order valence-corrected chi connectivity index (χ2v) is 10.7. The second kappa shape index (κ2) is 8.69. The van der Waals surface area contributed by atoms with Crippen LogP contribution >= 0.6 is 11.3 Å². The first kappa shape index (κ1) is 22.0. The minimum atomic E-state index is 1.06. The van der Waals surface area contributed by atoms with Gasteiger partial charge in [0.05, 0.1) is 10.2 Å². The molecule has 2 heteroatoms. The van der Waals surface area contributed by atoms with Gasteiger partial charge in [-0.3, -0.25) is 0 Å². The molecule has 0 N–H and O–H groups in total. The smallest absolute Gasteiger partial charge is 0.124 e. The van der Waals surface area contributed by atoms with Crippen LogP contribution < -0.4 is 0 Å². The lowest BCUT2D eigenvalue weighted by atomic mass is 9.85. The van der Waals surface area contributed by atoms with Gasteiger partial charge in [0.2, 0.25) is 0 Å². The minimum Gasteiger partial charge on any atom is -0.236 e. The third kappa shape index (κ3) is 3.73. The van der Waals surface area contributed by atoms with Crippen molar-refractivity contribution in [2.75, 3.05) is 0 Å². The minimum absolute atomic E-state index is 1.06. The predicted octanol–water partition coefficient (Wildman–Crippen LogP) is 10.0. The molecule has 0 fully saturated rings. The summed E-state index contributed by atoms with van der Waals surface area (Å²) in [4.78, 5) is 4.89. The van der Waals surface area contributed by atoms with E-state index >= 15 is 0 Å². The Kier molecular flexibility index (Phi) is 5.16. The van der Waals surface area contributed by atoms with E-state index in [2.05, 4.69) is 123 Å². The van der Waals surface area contributed by atoms with Crippen LogP contribution in [0, 0.1) is 19.9 Å². The van der Waals surface area contributed by atoms with Gasteiger partial charge in [-0.1, -0.05) is 91.0 Å². The summed E-state index contributed by atoms with van der Waals surface area (Å²) in [6.07, 6.45) is 0. The largest absolute Gasteiger partial charge is 0.236 e. The maximum Gasteiger partial charge on any atom is 0.124 e. The summed E-state index contributed by atoms with van der Waals surface area (Å²) in [5.41, 5.74) is 9.68. The summed E-state index contributed by atoms with van der Waals surface area (Å²) in [7, 11) is 0. The summed E-state index contributed by atoms with van der Waals surface area (Å²) in [5, 5.41) is 6.12. The van der Waals surface area contributed by atoms with E-state index in [0.29, 0.717) is 0 Å². The van der Waals surface area contributed by atoms with Gasteiger partial charge >= 0.3 is 0 Å². The highest BCUT2D eigenvalue weighted by Gasteiger charge is 2.17. The van der Waals surface area contributed by atoms with E-state index in [1.807, 2.05) is 6.07 Å². The van der Waals surface area contributed by atoms with E-state index in [9.17, 15) is 0 Å². The first-order valence-electron chi connectivity index (χ1n) is 12.6. The highest BCUT2D eigenvalue weighted by Crippen LogP contribution is 2.44. The van der Waals surface area contributed by atoms with Crippen LogP contribution in [0.5, 0.6) is 0 Å². The number of fused-ring (bicyclic) bond motifs is 3. The Labute approximate surface area is 220 Å². The zero-order valence-electron chi connectivity index (χ0n) is 20.7. The molecule has 7 aromatic rings. The molecule has 0 unspecified atom stereocenters. The van der Waals surface area contributed by atoms with E-state index < -0.39 is 0 Å². The molecule has 0 aliphatic heterocycles. The quantitative estimate of drug-likeness (QED) is 0.225. The van der Waals surface area contributed by atoms with Gasteiger partial charge in [0.1, 0.15) is 5.01 Å². The molecule has 0 atom stereocenters. The van der Waals surface area contributed by atoms with E-state index in [4.69, 9.17) is 4.98 Å². The van der Waals surface area contributed by atoms with Crippen LogP contribution in [0.4, 0.5) is 0 Å². The van der Waals surface area contributed by atoms with Crippen molar-refractivity contribution in [3.63, 3.8) is 0 Å². The van der Waals surface area contributed by atoms with Gasteiger partial charge in [-0.25, -0.2) is 4.98 Å². The fourth-order valence-electron chi connectivity index (χ4n) is 5.42. The Morgan fingerprint density at radius 3 is 1.78 bits per heavy atom. The van der Waals surface area contributed by atoms with Crippen LogP contribution in [0.3, 0.4) is 0 Å². The van der Waals surface area contributed by atoms with Crippen LogP contribution in [0.1, 0.15) is 11.1 Å². The van der Waals surface area contributed by atoms with Crippen LogP contribution in [-0.2, 0) is 0 Å². The zero-order chi connectivity index (χ0) is 24.9. The van der Waals surface area contributed by atoms with Gasteiger partial charge in [0.25, 0.3) is 0 Å². The molecule has 1 radical (unpaired) electrons. The average Bonchev–Trinajstić information content (AvgIpc) is 3.35. The summed E-state index contributed by atoms with van der Waals surface area (Å²) in [6.45, 7) is 4.26. The Bertz CT molecular complexity index is 1890. The first-order valence-corrected chi connectivity index (χ1v) is 13.4. The Balaban J connectivity index is 1.44. The lowest BCUT2D eigenvalue weighted by Crippen LogP contribution is -1.91. The lowest BCUT2D eigenvalue weighted by Gasteiger charge is -2.18. The lowest BCUT2D eigenvalue weighted by molar-refractivity contribution is 1.45. The number of benzene rings is 6. The number of rotatable bonds is 3. The van der Waals surface area contributed by atoms with E-state index in [0.717, 1.165) is 16.1 Å². The van der Waals surface area contributed by atoms with Gasteiger partial charge in [-0.15, -0.1) is 11.3 Å². The standard InChI is InChI=1S/C35H24NS/c1-22-8-7-9-26(20-22)34-29-12-5-3-10-27(29)33(28-11-4-6-13-30(28)34)24-15-17-25(18-16-24)35-36-31-19-14-23(2)21-32(31)37-35/h3-6,8-21H,1-2H3. The number of aryl methyl sites for hydroxylation is 2. The predicted molar refractivity (Wildman–Crippen MR) is 159 cm³/mol. The van der Waals surface area contributed by atoms with Crippen LogP contribution in [-0.4, -0.2) is 4.98 Å². The number of nitrogens with zero attached hydrogens (tertiary/aromatic N) is 1. The number of hydrogen-bond donors (Lipinski definition) is 0. The van der Waals surface area contributed by atoms with Crippen molar-refractivity contribution in [3.8, 4) is 32.8 Å². The molecule has 0 aliphatic rings. The first-order chi connectivity index (χ1) is 18.2. The molecule has 37 heavy (non-hydrogen) atoms. The normalized spacial score (nSPS) is 11.5. The van der Waals surface area contributed by atoms with Gasteiger partial charge in [0, 0.05) is 5.56 Å². The molecule has 7 rings (SSSR count). The van der Waals surface area contributed by atoms with Crippen molar-refractivity contribution in [2.24, 2.45) is 0 Å². The second-order valence-electron chi connectivity index (χ2n) is 9.71. The van der Waals surface area contributed by atoms with Crippen molar-refractivity contribution >= 4 is 43.1 Å². The highest BCUT2D eigenvalue weighted by atomic mass is 32.1. The molecular formula is C35H24NS. The molecule has 6 aromatic carbocycles. The Morgan fingerprint density at radius 1 is 0.568 bits per heavy atom. The van der Waals surface area contributed by atoms with E-state index in [-0.39, 0.29) is 0 Å². The monoisotopic (exact) mass is 490 g/mol.